The van der Waals surface area contributed by atoms with Gasteiger partial charge in [0.2, 0.25) is 11.8 Å². The lowest BCUT2D eigenvalue weighted by molar-refractivity contribution is -0.160. The van der Waals surface area contributed by atoms with Crippen LogP contribution in [0.5, 0.6) is 0 Å². The van der Waals surface area contributed by atoms with E-state index in [4.69, 9.17) is 21.1 Å². The molecule has 3 fully saturated rings. The molecular weight excluding hydrogens is 726 g/mol. The van der Waals surface area contributed by atoms with E-state index in [-0.39, 0.29) is 55.2 Å². The van der Waals surface area contributed by atoms with E-state index >= 15 is 0 Å². The minimum Gasteiger partial charge on any atom is -0.455 e. The monoisotopic (exact) mass is 769 g/mol. The van der Waals surface area contributed by atoms with Crippen LogP contribution in [0, 0.1) is 11.8 Å². The van der Waals surface area contributed by atoms with Gasteiger partial charge in [-0.15, -0.1) is 13.2 Å². The largest absolute Gasteiger partial charge is 0.455 e. The van der Waals surface area contributed by atoms with Gasteiger partial charge < -0.3 is 29.7 Å². The lowest BCUT2D eigenvalue weighted by Gasteiger charge is -2.37. The summed E-state index contributed by atoms with van der Waals surface area (Å²) in [6.07, 6.45) is 5.60. The van der Waals surface area contributed by atoms with Gasteiger partial charge in [-0.05, 0) is 43.4 Å². The molecule has 2 aromatic carbocycles. The molecule has 3 aliphatic heterocycles. The van der Waals surface area contributed by atoms with Crippen LogP contribution in [0.3, 0.4) is 0 Å². The van der Waals surface area contributed by atoms with E-state index in [1.54, 1.807) is 41.3 Å². The van der Waals surface area contributed by atoms with E-state index in [2.05, 4.69) is 34.4 Å². The summed E-state index contributed by atoms with van der Waals surface area (Å²) in [6.45, 7) is 8.06. The van der Waals surface area contributed by atoms with E-state index in [0.29, 0.717) is 42.0 Å². The second kappa shape index (κ2) is 17.1. The first-order valence-corrected chi connectivity index (χ1v) is 18.5. The number of allylic oxidation sites excluding steroid dienone is 1. The van der Waals surface area contributed by atoms with Gasteiger partial charge in [0.1, 0.15) is 17.7 Å². The Morgan fingerprint density at radius 2 is 1.82 bits per heavy atom. The predicted molar refractivity (Wildman–Crippen MR) is 195 cm³/mol. The van der Waals surface area contributed by atoms with Gasteiger partial charge in [0.05, 0.1) is 35.2 Å². The lowest BCUT2D eigenvalue weighted by atomic mass is 9.70. The van der Waals surface area contributed by atoms with E-state index in [9.17, 15) is 24.3 Å². The summed E-state index contributed by atoms with van der Waals surface area (Å²) in [5.41, 5.74) is -0.132. The van der Waals surface area contributed by atoms with Crippen LogP contribution >= 0.6 is 27.5 Å². The highest BCUT2D eigenvalue weighted by Gasteiger charge is 2.77. The molecule has 2 N–H and O–H groups in total. The molecule has 0 aliphatic carbocycles. The highest BCUT2D eigenvalue weighted by molar-refractivity contribution is 9.09. The van der Waals surface area contributed by atoms with Crippen molar-refractivity contribution < 1.29 is 33.8 Å². The number of para-hydroxylation sites is 1. The van der Waals surface area contributed by atoms with Crippen molar-refractivity contribution in [1.29, 1.82) is 0 Å². The molecule has 0 aromatic heterocycles. The number of hydrogen-bond acceptors (Lipinski definition) is 7. The number of anilines is 1. The van der Waals surface area contributed by atoms with E-state index < -0.39 is 41.7 Å². The third-order valence-corrected chi connectivity index (χ3v) is 11.0. The fourth-order valence-electron chi connectivity index (χ4n) is 7.56. The number of fused-ring (bicyclic) bond motifs is 1. The Labute approximate surface area is 306 Å². The summed E-state index contributed by atoms with van der Waals surface area (Å²) in [5.74, 6) is -3.49. The van der Waals surface area contributed by atoms with E-state index in [1.807, 2.05) is 30.3 Å². The maximum Gasteiger partial charge on any atom is 0.313 e. The fraction of sp³-hybridized carbons (Fsp3) is 0.474. The van der Waals surface area contributed by atoms with Gasteiger partial charge in [-0.3, -0.25) is 19.2 Å². The van der Waals surface area contributed by atoms with E-state index in [1.165, 1.54) is 4.90 Å². The highest BCUT2D eigenvalue weighted by atomic mass is 79.9. The molecule has 7 atom stereocenters. The molecule has 3 aliphatic rings. The zero-order valence-electron chi connectivity index (χ0n) is 28.1. The van der Waals surface area contributed by atoms with Gasteiger partial charge in [-0.1, -0.05) is 95.0 Å². The summed E-state index contributed by atoms with van der Waals surface area (Å²) in [6, 6.07) is 15.1. The highest BCUT2D eigenvalue weighted by Crippen LogP contribution is 2.60. The van der Waals surface area contributed by atoms with Crippen LogP contribution in [0.1, 0.15) is 56.6 Å². The molecule has 1 spiro atoms. The number of aliphatic hydroxyl groups is 1. The minimum atomic E-state index is -1.30. The molecule has 10 nitrogen and oxygen atoms in total. The Morgan fingerprint density at radius 1 is 1.10 bits per heavy atom. The SMILES string of the molecule is C=CCCC(=O)NC[C@@H](OC(=O)[C@H]1[C@@H]2O[C@@]3(CC2Br)[C@@H]1C(=O)N(CCCCCCO)[C@@H]3C(=O)N(CC=C)c1ccccc1Cl)c1ccccc1. The molecule has 1 unspecified atom stereocenters. The molecule has 50 heavy (non-hydrogen) atoms. The predicted octanol–water partition coefficient (Wildman–Crippen LogP) is 5.53. The number of alkyl halides is 1. The number of amides is 3. The van der Waals surface area contributed by atoms with Crippen LogP contribution in [-0.2, 0) is 28.7 Å². The van der Waals surface area contributed by atoms with Gasteiger partial charge in [-0.25, -0.2) is 0 Å². The van der Waals surface area contributed by atoms with Gasteiger partial charge in [0, 0.05) is 30.9 Å². The van der Waals surface area contributed by atoms with Crippen molar-refractivity contribution in [3.63, 3.8) is 0 Å². The van der Waals surface area contributed by atoms with Crippen molar-refractivity contribution in [2.45, 2.75) is 73.6 Å². The Balaban J connectivity index is 1.47. The smallest absolute Gasteiger partial charge is 0.313 e. The molecule has 268 valence electrons. The van der Waals surface area contributed by atoms with Crippen molar-refractivity contribution in [3.05, 3.63) is 90.5 Å². The number of likely N-dealkylation sites (tertiary alicyclic amines) is 1. The molecule has 0 radical (unpaired) electrons. The number of benzene rings is 2. The van der Waals surface area contributed by atoms with Crippen molar-refractivity contribution in [2.75, 3.05) is 31.1 Å². The summed E-state index contributed by atoms with van der Waals surface area (Å²) < 4.78 is 12.9. The average molecular weight is 771 g/mol. The maximum atomic E-state index is 14.8. The van der Waals surface area contributed by atoms with Crippen LogP contribution in [0.4, 0.5) is 5.69 Å². The minimum absolute atomic E-state index is 0.0426. The summed E-state index contributed by atoms with van der Waals surface area (Å²) in [5, 5.41) is 12.5. The molecule has 3 saturated heterocycles. The van der Waals surface area contributed by atoms with Gasteiger partial charge in [0.15, 0.2) is 0 Å². The second-order valence-electron chi connectivity index (χ2n) is 13.0. The summed E-state index contributed by atoms with van der Waals surface area (Å²) >= 11 is 10.3. The van der Waals surface area contributed by atoms with Crippen LogP contribution in [-0.4, -0.2) is 82.5 Å². The number of carbonyl (C=O) groups is 4. The summed E-state index contributed by atoms with van der Waals surface area (Å²) in [7, 11) is 0. The van der Waals surface area contributed by atoms with Crippen molar-refractivity contribution in [2.24, 2.45) is 11.8 Å². The number of esters is 1. The normalized spacial score (nSPS) is 25.5. The number of hydrogen-bond donors (Lipinski definition) is 2. The summed E-state index contributed by atoms with van der Waals surface area (Å²) in [4.78, 5) is 59.0. The zero-order valence-corrected chi connectivity index (χ0v) is 30.4. The Bertz CT molecular complexity index is 1560. The number of rotatable bonds is 18. The van der Waals surface area contributed by atoms with Gasteiger partial charge >= 0.3 is 5.97 Å². The number of unbranched alkanes of at least 4 members (excludes halogenated alkanes) is 3. The first kappa shape index (κ1) is 37.7. The average Bonchev–Trinajstić information content (AvgIpc) is 3.71. The molecule has 3 amide bonds. The van der Waals surface area contributed by atoms with Gasteiger partial charge in [-0.2, -0.15) is 0 Å². The standard InChI is InChI=1S/C38H45BrClN3O7/c1-3-5-19-30(45)41-24-29(25-15-9-8-10-16-25)49-37(48)31-32-35(46)43(21-13-6-7-14-22-44)34(38(32)23-26(39)33(31)50-38)36(47)42(20-4-2)28-18-12-11-17-27(28)40/h3-4,8-12,15-18,26,29,31-34,44H,1-2,5-7,13-14,19-24H2,(H,41,45)/t26?,29-,31-,32+,33-,34-,38+/m1/s1. The Kier molecular flexibility index (Phi) is 12.9. The molecule has 0 saturated carbocycles. The molecule has 5 rings (SSSR count). The molecule has 12 heteroatoms. The van der Waals surface area contributed by atoms with Crippen LogP contribution < -0.4 is 10.2 Å². The van der Waals surface area contributed by atoms with E-state index in [0.717, 1.165) is 12.8 Å². The number of halogens is 2. The second-order valence-corrected chi connectivity index (χ2v) is 14.6. The van der Waals surface area contributed by atoms with Crippen molar-refractivity contribution >= 4 is 56.9 Å². The zero-order chi connectivity index (χ0) is 35.8. The fourth-order valence-corrected chi connectivity index (χ4v) is 8.74. The number of nitrogens with zero attached hydrogens (tertiary/aromatic N) is 2. The number of ether oxygens (including phenoxy) is 2. The third kappa shape index (κ3) is 7.71. The number of nitrogens with one attached hydrogen (secondary N) is 1. The van der Waals surface area contributed by atoms with Crippen LogP contribution in [0.25, 0.3) is 0 Å². The Morgan fingerprint density at radius 3 is 2.52 bits per heavy atom. The lowest BCUT2D eigenvalue weighted by Crippen LogP contribution is -2.57. The number of carbonyl (C=O) groups excluding carboxylic acids is 4. The van der Waals surface area contributed by atoms with Crippen LogP contribution in [0.15, 0.2) is 79.9 Å². The van der Waals surface area contributed by atoms with Crippen LogP contribution in [0.2, 0.25) is 5.02 Å². The maximum absolute atomic E-state index is 14.8. The Hall–Kier alpha value is -3.51. The molecular formula is C38H45BrClN3O7. The number of aliphatic hydroxyl groups excluding tert-OH is 1. The molecule has 2 aromatic rings. The third-order valence-electron chi connectivity index (χ3n) is 9.81. The van der Waals surface area contributed by atoms with Gasteiger partial charge in [0.25, 0.3) is 5.91 Å². The quantitative estimate of drug-likeness (QED) is 0.0885. The first-order valence-electron chi connectivity index (χ1n) is 17.2. The first-order chi connectivity index (χ1) is 24.2. The van der Waals surface area contributed by atoms with Crippen molar-refractivity contribution in [3.8, 4) is 0 Å². The van der Waals surface area contributed by atoms with Crippen molar-refractivity contribution in [1.82, 2.24) is 10.2 Å². The molecule has 2 bridgehead atoms. The molecule has 3 heterocycles. The topological polar surface area (TPSA) is 125 Å².